The van der Waals surface area contributed by atoms with Crippen LogP contribution in [0.5, 0.6) is 5.75 Å². The number of methoxy groups -OCH3 is 1. The molecule has 4 aliphatic carbocycles. The molecule has 0 radical (unpaired) electrons. The Labute approximate surface area is 225 Å². The van der Waals surface area contributed by atoms with E-state index in [0.717, 1.165) is 74.1 Å². The second-order valence-electron chi connectivity index (χ2n) is 13.5. The number of rotatable bonds is 5. The predicted molar refractivity (Wildman–Crippen MR) is 148 cm³/mol. The molecule has 4 saturated carbocycles. The van der Waals surface area contributed by atoms with Crippen LogP contribution in [-0.2, 0) is 6.42 Å². The maximum Gasteiger partial charge on any atom is 0.145 e. The van der Waals surface area contributed by atoms with Crippen LogP contribution in [0.15, 0.2) is 18.2 Å². The second kappa shape index (κ2) is 9.46. The molecule has 4 aliphatic rings. The number of para-hydroxylation sites is 1. The summed E-state index contributed by atoms with van der Waals surface area (Å²) < 4.78 is 6.69. The van der Waals surface area contributed by atoms with Gasteiger partial charge in [0.05, 0.1) is 35.1 Å². The third kappa shape index (κ3) is 3.99. The number of benzene rings is 1. The van der Waals surface area contributed by atoms with E-state index in [9.17, 15) is 15.3 Å². The lowest BCUT2D eigenvalue weighted by molar-refractivity contribution is -0.207. The van der Waals surface area contributed by atoms with Gasteiger partial charge in [0.15, 0.2) is 0 Å². The van der Waals surface area contributed by atoms with Crippen LogP contribution in [0.25, 0.3) is 10.2 Å². The molecule has 2 aromatic rings. The van der Waals surface area contributed by atoms with E-state index >= 15 is 0 Å². The first-order valence-electron chi connectivity index (χ1n) is 14.6. The molecule has 1 heterocycles. The molecule has 0 spiro atoms. The lowest BCUT2D eigenvalue weighted by atomic mass is 9.43. The number of aliphatic hydroxyl groups excluding tert-OH is 3. The summed E-state index contributed by atoms with van der Waals surface area (Å²) >= 11 is 1.77. The molecule has 4 fully saturated rings. The van der Waals surface area contributed by atoms with Gasteiger partial charge in [-0.1, -0.05) is 26.8 Å². The van der Waals surface area contributed by atoms with Crippen LogP contribution in [0.3, 0.4) is 0 Å². The van der Waals surface area contributed by atoms with Crippen molar-refractivity contribution < 1.29 is 20.1 Å². The Bertz CT molecular complexity index is 1140. The molecule has 37 heavy (non-hydrogen) atoms. The first-order chi connectivity index (χ1) is 17.7. The Kier molecular flexibility index (Phi) is 6.66. The van der Waals surface area contributed by atoms with Crippen molar-refractivity contribution in [3.63, 3.8) is 0 Å². The van der Waals surface area contributed by atoms with E-state index in [0.29, 0.717) is 29.6 Å². The lowest BCUT2D eigenvalue weighted by Gasteiger charge is -2.63. The van der Waals surface area contributed by atoms with Crippen molar-refractivity contribution in [1.82, 2.24) is 4.98 Å². The summed E-state index contributed by atoms with van der Waals surface area (Å²) in [5.41, 5.74) is 0.950. The molecular weight excluding hydrogens is 482 g/mol. The van der Waals surface area contributed by atoms with E-state index in [-0.39, 0.29) is 35.1 Å². The standard InChI is InChI=1S/C31H45NO4S/c1-17(8-11-27-32-29-24(36-4)6-5-7-25(29)37-27)20-9-10-21-28-22(16-26(35)31(20,21)3)30(2)13-12-19(33)14-18(30)15-23(28)34/h5-7,17-23,26,28,33-35H,8-16H2,1-4H3/t17?,18-,19+,20+,21-,22-,23+,26-,28-,30-,31+/m0/s1. The van der Waals surface area contributed by atoms with Gasteiger partial charge in [-0.3, -0.25) is 0 Å². The molecular formula is C31H45NO4S. The van der Waals surface area contributed by atoms with Crippen LogP contribution in [0.1, 0.15) is 77.1 Å². The van der Waals surface area contributed by atoms with Gasteiger partial charge in [-0.05, 0) is 116 Å². The summed E-state index contributed by atoms with van der Waals surface area (Å²) in [7, 11) is 1.70. The number of aryl methyl sites for hydroxylation is 1. The summed E-state index contributed by atoms with van der Waals surface area (Å²) in [6.07, 6.45) is 7.73. The van der Waals surface area contributed by atoms with Crippen LogP contribution < -0.4 is 4.74 Å². The summed E-state index contributed by atoms with van der Waals surface area (Å²) in [4.78, 5) is 4.90. The summed E-state index contributed by atoms with van der Waals surface area (Å²) in [5.74, 6) is 3.17. The number of aliphatic hydroxyl groups is 3. The Morgan fingerprint density at radius 3 is 2.68 bits per heavy atom. The number of hydrogen-bond donors (Lipinski definition) is 3. The summed E-state index contributed by atoms with van der Waals surface area (Å²) in [5, 5.41) is 34.8. The predicted octanol–water partition coefficient (Wildman–Crippen LogP) is 5.84. The van der Waals surface area contributed by atoms with Gasteiger partial charge in [-0.15, -0.1) is 11.3 Å². The molecule has 11 atom stereocenters. The molecule has 6 rings (SSSR count). The molecule has 204 valence electrons. The maximum atomic E-state index is 11.8. The number of nitrogens with zero attached hydrogens (tertiary/aromatic N) is 1. The minimum Gasteiger partial charge on any atom is -0.494 e. The lowest BCUT2D eigenvalue weighted by Crippen LogP contribution is -2.62. The molecule has 6 heteroatoms. The number of aromatic nitrogens is 1. The Morgan fingerprint density at radius 2 is 1.89 bits per heavy atom. The normalized spacial score (nSPS) is 44.2. The van der Waals surface area contributed by atoms with Gasteiger partial charge in [-0.25, -0.2) is 4.98 Å². The van der Waals surface area contributed by atoms with E-state index in [1.54, 1.807) is 18.4 Å². The average molecular weight is 528 g/mol. The molecule has 1 aromatic heterocycles. The molecule has 0 amide bonds. The van der Waals surface area contributed by atoms with Gasteiger partial charge in [0.1, 0.15) is 11.3 Å². The molecule has 3 N–H and O–H groups in total. The van der Waals surface area contributed by atoms with Crippen LogP contribution >= 0.6 is 11.3 Å². The minimum absolute atomic E-state index is 0.128. The van der Waals surface area contributed by atoms with Crippen molar-refractivity contribution in [1.29, 1.82) is 0 Å². The second-order valence-corrected chi connectivity index (χ2v) is 14.6. The van der Waals surface area contributed by atoms with E-state index < -0.39 is 0 Å². The van der Waals surface area contributed by atoms with Gasteiger partial charge in [-0.2, -0.15) is 0 Å². The molecule has 0 bridgehead atoms. The highest BCUT2D eigenvalue weighted by Crippen LogP contribution is 2.68. The summed E-state index contributed by atoms with van der Waals surface area (Å²) in [6.45, 7) is 7.13. The monoisotopic (exact) mass is 527 g/mol. The third-order valence-electron chi connectivity index (χ3n) is 12.0. The fourth-order valence-corrected chi connectivity index (χ4v) is 10.9. The molecule has 0 saturated heterocycles. The zero-order valence-electron chi connectivity index (χ0n) is 22.9. The Balaban J connectivity index is 1.20. The number of fused-ring (bicyclic) bond motifs is 6. The number of ether oxygens (including phenoxy) is 1. The van der Waals surface area contributed by atoms with Gasteiger partial charge < -0.3 is 20.1 Å². The molecule has 1 aromatic carbocycles. The first-order valence-corrected chi connectivity index (χ1v) is 15.4. The van der Waals surface area contributed by atoms with Gasteiger partial charge in [0.25, 0.3) is 0 Å². The van der Waals surface area contributed by atoms with E-state index in [4.69, 9.17) is 9.72 Å². The van der Waals surface area contributed by atoms with Crippen LogP contribution in [-0.4, -0.2) is 45.7 Å². The van der Waals surface area contributed by atoms with Gasteiger partial charge in [0.2, 0.25) is 0 Å². The molecule has 5 nitrogen and oxygen atoms in total. The third-order valence-corrected chi connectivity index (χ3v) is 13.1. The minimum atomic E-state index is -0.324. The van der Waals surface area contributed by atoms with Crippen molar-refractivity contribution in [2.75, 3.05) is 7.11 Å². The first kappa shape index (κ1) is 26.0. The zero-order valence-corrected chi connectivity index (χ0v) is 23.7. The topological polar surface area (TPSA) is 82.8 Å². The fraction of sp³-hybridized carbons (Fsp3) is 0.774. The highest BCUT2D eigenvalue weighted by molar-refractivity contribution is 7.18. The van der Waals surface area contributed by atoms with E-state index in [1.807, 2.05) is 12.1 Å². The maximum absolute atomic E-state index is 11.8. The fourth-order valence-electron chi connectivity index (χ4n) is 9.92. The van der Waals surface area contributed by atoms with Crippen molar-refractivity contribution in [2.24, 2.45) is 46.3 Å². The van der Waals surface area contributed by atoms with Crippen molar-refractivity contribution >= 4 is 21.6 Å². The van der Waals surface area contributed by atoms with Crippen molar-refractivity contribution in [3.05, 3.63) is 23.2 Å². The number of thiazole rings is 1. The Hall–Kier alpha value is -1.21. The van der Waals surface area contributed by atoms with E-state index in [2.05, 4.69) is 26.8 Å². The highest BCUT2D eigenvalue weighted by atomic mass is 32.1. The molecule has 1 unspecified atom stereocenters. The zero-order chi connectivity index (χ0) is 26.1. The van der Waals surface area contributed by atoms with Crippen LogP contribution in [0.2, 0.25) is 0 Å². The average Bonchev–Trinajstić information content (AvgIpc) is 3.45. The SMILES string of the molecule is COc1cccc2sc(CCC(C)[C@H]3CC[C@H]4[C@@H]5[C@H](O)C[C@@H]6C[C@H](O)CC[C@]6(C)[C@H]5C[C@H](O)[C@]34C)nc12. The largest absolute Gasteiger partial charge is 0.494 e. The van der Waals surface area contributed by atoms with E-state index in [1.165, 1.54) is 4.70 Å². The van der Waals surface area contributed by atoms with Gasteiger partial charge in [0, 0.05) is 0 Å². The molecule has 0 aliphatic heterocycles. The number of hydrogen-bond acceptors (Lipinski definition) is 6. The van der Waals surface area contributed by atoms with Crippen LogP contribution in [0, 0.1) is 46.3 Å². The highest BCUT2D eigenvalue weighted by Gasteiger charge is 2.65. The quantitative estimate of drug-likeness (QED) is 0.455. The van der Waals surface area contributed by atoms with Crippen molar-refractivity contribution in [3.8, 4) is 5.75 Å². The Morgan fingerprint density at radius 1 is 1.08 bits per heavy atom. The van der Waals surface area contributed by atoms with Crippen molar-refractivity contribution in [2.45, 2.75) is 96.9 Å². The van der Waals surface area contributed by atoms with Crippen LogP contribution in [0.4, 0.5) is 0 Å². The van der Waals surface area contributed by atoms with Gasteiger partial charge >= 0.3 is 0 Å². The summed E-state index contributed by atoms with van der Waals surface area (Å²) in [6, 6.07) is 6.12. The smallest absolute Gasteiger partial charge is 0.145 e.